The summed E-state index contributed by atoms with van der Waals surface area (Å²) in [5, 5.41) is 3.19. The van der Waals surface area contributed by atoms with Crippen LogP contribution in [0.25, 0.3) is 0 Å². The number of benzene rings is 1. The van der Waals surface area contributed by atoms with Crippen molar-refractivity contribution in [1.29, 1.82) is 0 Å². The molecule has 2 rings (SSSR count). The number of aryl methyl sites for hydroxylation is 2. The number of halogens is 1. The molecule has 0 saturated heterocycles. The molecule has 0 spiro atoms. The zero-order valence-corrected chi connectivity index (χ0v) is 13.1. The van der Waals surface area contributed by atoms with Crippen LogP contribution in [0.2, 0.25) is 0 Å². The average Bonchev–Trinajstić information content (AvgIpc) is 2.65. The van der Waals surface area contributed by atoms with Gasteiger partial charge in [0, 0.05) is 19.9 Å². The van der Waals surface area contributed by atoms with Crippen LogP contribution in [0.15, 0.2) is 34.8 Å². The fourth-order valence-corrected chi connectivity index (χ4v) is 3.35. The fourth-order valence-electron chi connectivity index (χ4n) is 1.98. The van der Waals surface area contributed by atoms with Crippen LogP contribution in [0.5, 0.6) is 0 Å². The molecule has 100 valence electrons. The summed E-state index contributed by atoms with van der Waals surface area (Å²) in [4.78, 5) is 14.0. The van der Waals surface area contributed by atoms with Crippen molar-refractivity contribution < 1.29 is 4.79 Å². The van der Waals surface area contributed by atoms with E-state index >= 15 is 0 Å². The summed E-state index contributed by atoms with van der Waals surface area (Å²) < 4.78 is 0.957. The molecule has 1 aromatic carbocycles. The van der Waals surface area contributed by atoms with E-state index < -0.39 is 6.04 Å². The van der Waals surface area contributed by atoms with Crippen molar-refractivity contribution in [2.75, 3.05) is 5.32 Å². The van der Waals surface area contributed by atoms with E-state index in [1.807, 2.05) is 44.2 Å². The van der Waals surface area contributed by atoms with E-state index in [4.69, 9.17) is 5.73 Å². The van der Waals surface area contributed by atoms with E-state index in [-0.39, 0.29) is 5.91 Å². The van der Waals surface area contributed by atoms with Crippen LogP contribution in [0.3, 0.4) is 0 Å². The van der Waals surface area contributed by atoms with Gasteiger partial charge in [-0.1, -0.05) is 22.0 Å². The molecule has 1 aromatic heterocycles. The highest BCUT2D eigenvalue weighted by atomic mass is 79.9. The van der Waals surface area contributed by atoms with E-state index in [1.165, 1.54) is 4.88 Å². The van der Waals surface area contributed by atoms with Crippen LogP contribution in [0, 0.1) is 13.8 Å². The van der Waals surface area contributed by atoms with Crippen molar-refractivity contribution in [2.45, 2.75) is 19.9 Å². The van der Waals surface area contributed by atoms with E-state index in [0.29, 0.717) is 0 Å². The van der Waals surface area contributed by atoms with Gasteiger partial charge < -0.3 is 11.1 Å². The Kier molecular flexibility index (Phi) is 4.27. The lowest BCUT2D eigenvalue weighted by Crippen LogP contribution is -2.27. The summed E-state index contributed by atoms with van der Waals surface area (Å²) in [6, 6.07) is 9.19. The number of hydrogen-bond donors (Lipinski definition) is 2. The molecular weight excluding hydrogens is 324 g/mol. The second-order valence-corrected chi connectivity index (χ2v) is 6.73. The topological polar surface area (TPSA) is 55.1 Å². The third kappa shape index (κ3) is 3.36. The monoisotopic (exact) mass is 338 g/mol. The van der Waals surface area contributed by atoms with Gasteiger partial charge in [0.25, 0.3) is 0 Å². The minimum atomic E-state index is -0.501. The predicted molar refractivity (Wildman–Crippen MR) is 83.5 cm³/mol. The Balaban J connectivity index is 2.32. The lowest BCUT2D eigenvalue weighted by Gasteiger charge is -2.17. The maximum Gasteiger partial charge on any atom is 0.244 e. The summed E-state index contributed by atoms with van der Waals surface area (Å²) in [6.07, 6.45) is 0. The zero-order chi connectivity index (χ0) is 14.0. The number of thiophene rings is 1. The second-order valence-electron chi connectivity index (χ2n) is 4.36. The third-order valence-electron chi connectivity index (χ3n) is 2.81. The lowest BCUT2D eigenvalue weighted by atomic mass is 10.1. The Hall–Kier alpha value is -1.33. The molecule has 0 aliphatic carbocycles. The van der Waals surface area contributed by atoms with Crippen LogP contribution in [0.1, 0.15) is 21.4 Å². The molecule has 2 aromatic rings. The first kappa shape index (κ1) is 14.1. The van der Waals surface area contributed by atoms with Gasteiger partial charge in [-0.05, 0) is 43.7 Å². The molecule has 0 radical (unpaired) electrons. The van der Waals surface area contributed by atoms with Crippen molar-refractivity contribution in [3.05, 3.63) is 50.1 Å². The number of anilines is 1. The molecular formula is C14H15BrN2OS. The van der Waals surface area contributed by atoms with Crippen molar-refractivity contribution >= 4 is 38.9 Å². The second kappa shape index (κ2) is 5.75. The van der Waals surface area contributed by atoms with E-state index in [1.54, 1.807) is 11.3 Å². The highest BCUT2D eigenvalue weighted by Gasteiger charge is 2.21. The third-order valence-corrected chi connectivity index (χ3v) is 4.29. The molecule has 0 aliphatic rings. The van der Waals surface area contributed by atoms with Crippen molar-refractivity contribution in [2.24, 2.45) is 5.73 Å². The standard InChI is InChI=1S/C14H15BrN2OS/c1-8-6-12(9(2)19-8)13(14(16)18)17-11-5-3-4-10(15)7-11/h3-7,13,17H,1-2H3,(H2,16,18). The number of carbonyl (C=O) groups excluding carboxylic acids is 1. The molecule has 1 atom stereocenters. The molecule has 3 N–H and O–H groups in total. The average molecular weight is 339 g/mol. The first-order valence-corrected chi connectivity index (χ1v) is 7.46. The molecule has 3 nitrogen and oxygen atoms in total. The summed E-state index contributed by atoms with van der Waals surface area (Å²) >= 11 is 5.08. The Morgan fingerprint density at radius 2 is 2.11 bits per heavy atom. The van der Waals surface area contributed by atoms with Gasteiger partial charge in [0.05, 0.1) is 0 Å². The van der Waals surface area contributed by atoms with Crippen molar-refractivity contribution in [3.8, 4) is 0 Å². The van der Waals surface area contributed by atoms with Gasteiger partial charge in [-0.3, -0.25) is 4.79 Å². The van der Waals surface area contributed by atoms with Gasteiger partial charge in [0.1, 0.15) is 6.04 Å². The summed E-state index contributed by atoms with van der Waals surface area (Å²) in [5.74, 6) is -0.374. The highest BCUT2D eigenvalue weighted by Crippen LogP contribution is 2.29. The molecule has 0 bridgehead atoms. The van der Waals surface area contributed by atoms with E-state index in [9.17, 15) is 4.79 Å². The van der Waals surface area contributed by atoms with Crippen LogP contribution >= 0.6 is 27.3 Å². The first-order valence-electron chi connectivity index (χ1n) is 5.85. The normalized spacial score (nSPS) is 12.2. The number of amides is 1. The number of carbonyl (C=O) groups is 1. The smallest absolute Gasteiger partial charge is 0.244 e. The van der Waals surface area contributed by atoms with E-state index in [0.717, 1.165) is 20.6 Å². The number of rotatable bonds is 4. The number of nitrogens with two attached hydrogens (primary N) is 1. The molecule has 1 amide bonds. The SMILES string of the molecule is Cc1cc(C(Nc2cccc(Br)c2)C(N)=O)c(C)s1. The van der Waals surface area contributed by atoms with Gasteiger partial charge >= 0.3 is 0 Å². The summed E-state index contributed by atoms with van der Waals surface area (Å²) in [6.45, 7) is 4.03. The van der Waals surface area contributed by atoms with Gasteiger partial charge in [-0.2, -0.15) is 0 Å². The van der Waals surface area contributed by atoms with Gasteiger partial charge in [-0.25, -0.2) is 0 Å². The lowest BCUT2D eigenvalue weighted by molar-refractivity contribution is -0.118. The molecule has 1 heterocycles. The molecule has 0 fully saturated rings. The van der Waals surface area contributed by atoms with Crippen LogP contribution in [0.4, 0.5) is 5.69 Å². The Labute approximate surface area is 125 Å². The quantitative estimate of drug-likeness (QED) is 0.891. The van der Waals surface area contributed by atoms with Gasteiger partial charge in [0.15, 0.2) is 0 Å². The Morgan fingerprint density at radius 3 is 2.63 bits per heavy atom. The van der Waals surface area contributed by atoms with Crippen molar-refractivity contribution in [3.63, 3.8) is 0 Å². The largest absolute Gasteiger partial charge is 0.370 e. The number of nitrogens with one attached hydrogen (secondary N) is 1. The molecule has 0 saturated carbocycles. The Morgan fingerprint density at radius 1 is 1.37 bits per heavy atom. The molecule has 0 aliphatic heterocycles. The fraction of sp³-hybridized carbons (Fsp3) is 0.214. The minimum Gasteiger partial charge on any atom is -0.370 e. The van der Waals surface area contributed by atoms with Gasteiger partial charge in [-0.15, -0.1) is 11.3 Å². The van der Waals surface area contributed by atoms with E-state index in [2.05, 4.69) is 21.2 Å². The van der Waals surface area contributed by atoms with Crippen LogP contribution in [-0.4, -0.2) is 5.91 Å². The first-order chi connectivity index (χ1) is 8.97. The molecule has 5 heteroatoms. The molecule has 1 unspecified atom stereocenters. The number of hydrogen-bond acceptors (Lipinski definition) is 3. The maximum atomic E-state index is 11.7. The number of primary amides is 1. The molecule has 19 heavy (non-hydrogen) atoms. The maximum absolute atomic E-state index is 11.7. The van der Waals surface area contributed by atoms with Crippen LogP contribution < -0.4 is 11.1 Å². The Bertz CT molecular complexity index is 609. The zero-order valence-electron chi connectivity index (χ0n) is 10.7. The highest BCUT2D eigenvalue weighted by molar-refractivity contribution is 9.10. The van der Waals surface area contributed by atoms with Crippen molar-refractivity contribution in [1.82, 2.24) is 0 Å². The summed E-state index contributed by atoms with van der Waals surface area (Å²) in [5.41, 5.74) is 7.34. The van der Waals surface area contributed by atoms with Crippen LogP contribution in [-0.2, 0) is 4.79 Å². The van der Waals surface area contributed by atoms with Gasteiger partial charge in [0.2, 0.25) is 5.91 Å². The minimum absolute atomic E-state index is 0.374. The summed E-state index contributed by atoms with van der Waals surface area (Å²) in [7, 11) is 0. The predicted octanol–water partition coefficient (Wildman–Crippen LogP) is 3.77.